The summed E-state index contributed by atoms with van der Waals surface area (Å²) in [4.78, 5) is 0. The molecule has 0 atom stereocenters. The van der Waals surface area contributed by atoms with Crippen molar-refractivity contribution in [1.82, 2.24) is 14.8 Å². The van der Waals surface area contributed by atoms with E-state index in [2.05, 4.69) is 26.1 Å². The van der Waals surface area contributed by atoms with Crippen molar-refractivity contribution in [2.24, 2.45) is 12.2 Å². The minimum absolute atomic E-state index is 0.253. The molecule has 2 N–H and O–H groups in total. The number of aromatic nitrogens is 3. The van der Waals surface area contributed by atoms with Crippen molar-refractivity contribution in [2.75, 3.05) is 0 Å². The topological polar surface area (TPSA) is 90.9 Å². The molecule has 0 bridgehead atoms. The number of aryl methyl sites for hydroxylation is 1. The molecular formula is C10H11BrN4O2S. The van der Waals surface area contributed by atoms with Gasteiger partial charge in [0.1, 0.15) is 0 Å². The van der Waals surface area contributed by atoms with E-state index in [-0.39, 0.29) is 5.16 Å². The molecule has 1 aromatic heterocycles. The number of hydrogen-bond acceptors (Lipinski definition) is 4. The first-order valence-electron chi connectivity index (χ1n) is 4.99. The fourth-order valence-corrected chi connectivity index (χ4v) is 2.62. The highest BCUT2D eigenvalue weighted by Gasteiger charge is 2.20. The molecule has 8 heteroatoms. The molecule has 0 aliphatic rings. The second-order valence-corrected chi connectivity index (χ2v) is 6.24. The summed E-state index contributed by atoms with van der Waals surface area (Å²) in [6.07, 6.45) is 0. The normalized spacial score (nSPS) is 11.8. The predicted octanol–water partition coefficient (Wildman–Crippen LogP) is 1.20. The van der Waals surface area contributed by atoms with E-state index in [4.69, 9.17) is 5.14 Å². The number of primary sulfonamides is 1. The number of halogens is 1. The average Bonchev–Trinajstić information content (AvgIpc) is 2.63. The van der Waals surface area contributed by atoms with Gasteiger partial charge in [-0.3, -0.25) is 4.57 Å². The monoisotopic (exact) mass is 330 g/mol. The molecule has 18 heavy (non-hydrogen) atoms. The molecule has 0 aliphatic heterocycles. The van der Waals surface area contributed by atoms with Gasteiger partial charge in [0, 0.05) is 17.1 Å². The summed E-state index contributed by atoms with van der Waals surface area (Å²) in [5.74, 6) is 0.456. The van der Waals surface area contributed by atoms with E-state index in [9.17, 15) is 8.42 Å². The third-order valence-corrected chi connectivity index (χ3v) is 3.89. The van der Waals surface area contributed by atoms with Crippen LogP contribution in [0, 0.1) is 6.92 Å². The summed E-state index contributed by atoms with van der Waals surface area (Å²) < 4.78 is 24.8. The van der Waals surface area contributed by atoms with Crippen LogP contribution in [-0.2, 0) is 17.1 Å². The van der Waals surface area contributed by atoms with Gasteiger partial charge in [-0.1, -0.05) is 22.0 Å². The van der Waals surface area contributed by atoms with Crippen LogP contribution >= 0.6 is 15.9 Å². The number of hydrogen-bond donors (Lipinski definition) is 1. The van der Waals surface area contributed by atoms with Crippen LogP contribution in [0.1, 0.15) is 5.56 Å². The molecule has 0 saturated heterocycles. The van der Waals surface area contributed by atoms with Gasteiger partial charge in [0.15, 0.2) is 5.82 Å². The van der Waals surface area contributed by atoms with E-state index < -0.39 is 10.0 Å². The third-order valence-electron chi connectivity index (χ3n) is 2.53. The van der Waals surface area contributed by atoms with Crippen molar-refractivity contribution in [3.63, 3.8) is 0 Å². The smallest absolute Gasteiger partial charge is 0.273 e. The van der Waals surface area contributed by atoms with Crippen molar-refractivity contribution in [3.05, 3.63) is 28.2 Å². The van der Waals surface area contributed by atoms with Gasteiger partial charge in [-0.2, -0.15) is 0 Å². The fraction of sp³-hybridized carbons (Fsp3) is 0.200. The Labute approximate surface area is 113 Å². The van der Waals surface area contributed by atoms with Gasteiger partial charge >= 0.3 is 0 Å². The predicted molar refractivity (Wildman–Crippen MR) is 70.2 cm³/mol. The second-order valence-electron chi connectivity index (χ2n) is 3.87. The first-order valence-corrected chi connectivity index (χ1v) is 7.33. The molecular weight excluding hydrogens is 320 g/mol. The van der Waals surface area contributed by atoms with Gasteiger partial charge in [-0.25, -0.2) is 13.6 Å². The largest absolute Gasteiger partial charge is 0.300 e. The second kappa shape index (κ2) is 4.45. The van der Waals surface area contributed by atoms with Gasteiger partial charge in [0.2, 0.25) is 0 Å². The van der Waals surface area contributed by atoms with Crippen molar-refractivity contribution in [2.45, 2.75) is 12.1 Å². The Balaban J connectivity index is 2.67. The van der Waals surface area contributed by atoms with Crippen molar-refractivity contribution in [1.29, 1.82) is 0 Å². The molecule has 1 aromatic carbocycles. The van der Waals surface area contributed by atoms with Crippen LogP contribution in [0.15, 0.2) is 27.8 Å². The van der Waals surface area contributed by atoms with Crippen LogP contribution in [0.5, 0.6) is 0 Å². The van der Waals surface area contributed by atoms with E-state index in [0.29, 0.717) is 5.82 Å². The summed E-state index contributed by atoms with van der Waals surface area (Å²) in [5.41, 5.74) is 1.77. The Bertz CT molecular complexity index is 709. The van der Waals surface area contributed by atoms with Gasteiger partial charge in [0.25, 0.3) is 15.2 Å². The van der Waals surface area contributed by atoms with Gasteiger partial charge in [-0.05, 0) is 24.6 Å². The minimum Gasteiger partial charge on any atom is -0.300 e. The SMILES string of the molecule is Cc1ccc(Br)cc1-c1nnc(S(N)(=O)=O)n1C. The number of rotatable bonds is 2. The molecule has 0 radical (unpaired) electrons. The lowest BCUT2D eigenvalue weighted by Crippen LogP contribution is -2.17. The zero-order valence-corrected chi connectivity index (χ0v) is 12.2. The van der Waals surface area contributed by atoms with Crippen LogP contribution in [0.3, 0.4) is 0 Å². The molecule has 2 aromatic rings. The van der Waals surface area contributed by atoms with E-state index in [1.165, 1.54) is 4.57 Å². The zero-order valence-electron chi connectivity index (χ0n) is 9.75. The number of sulfonamides is 1. The highest BCUT2D eigenvalue weighted by Crippen LogP contribution is 2.25. The summed E-state index contributed by atoms with van der Waals surface area (Å²) in [6.45, 7) is 1.91. The van der Waals surface area contributed by atoms with Crippen LogP contribution in [0.4, 0.5) is 0 Å². The average molecular weight is 331 g/mol. The lowest BCUT2D eigenvalue weighted by atomic mass is 10.1. The molecule has 0 saturated carbocycles. The quantitative estimate of drug-likeness (QED) is 0.895. The molecule has 96 valence electrons. The highest BCUT2D eigenvalue weighted by atomic mass is 79.9. The van der Waals surface area contributed by atoms with Crippen molar-refractivity contribution in [3.8, 4) is 11.4 Å². The molecule has 0 spiro atoms. The number of nitrogens with two attached hydrogens (primary N) is 1. The third kappa shape index (κ3) is 2.31. The van der Waals surface area contributed by atoms with E-state index >= 15 is 0 Å². The lowest BCUT2D eigenvalue weighted by Gasteiger charge is -2.06. The van der Waals surface area contributed by atoms with E-state index in [0.717, 1.165) is 15.6 Å². The Morgan fingerprint density at radius 3 is 2.56 bits per heavy atom. The number of benzene rings is 1. The molecule has 0 fully saturated rings. The van der Waals surface area contributed by atoms with E-state index in [1.807, 2.05) is 25.1 Å². The summed E-state index contributed by atoms with van der Waals surface area (Å²) >= 11 is 3.36. The van der Waals surface area contributed by atoms with Gasteiger partial charge in [0.05, 0.1) is 0 Å². The maximum Gasteiger partial charge on any atom is 0.273 e. The molecule has 6 nitrogen and oxygen atoms in total. The van der Waals surface area contributed by atoms with Gasteiger partial charge < -0.3 is 0 Å². The van der Waals surface area contributed by atoms with E-state index in [1.54, 1.807) is 7.05 Å². The maximum atomic E-state index is 11.3. The summed E-state index contributed by atoms with van der Waals surface area (Å²) in [5, 5.41) is 12.3. The Morgan fingerprint density at radius 2 is 2.00 bits per heavy atom. The Morgan fingerprint density at radius 1 is 1.33 bits per heavy atom. The van der Waals surface area contributed by atoms with Crippen molar-refractivity contribution < 1.29 is 8.42 Å². The van der Waals surface area contributed by atoms with Crippen LogP contribution in [-0.4, -0.2) is 23.2 Å². The summed E-state index contributed by atoms with van der Waals surface area (Å²) in [6, 6.07) is 5.66. The van der Waals surface area contributed by atoms with Gasteiger partial charge in [-0.15, -0.1) is 10.2 Å². The molecule has 0 aliphatic carbocycles. The fourth-order valence-electron chi connectivity index (χ4n) is 1.63. The summed E-state index contributed by atoms with van der Waals surface area (Å²) in [7, 11) is -2.30. The molecule has 0 amide bonds. The Hall–Kier alpha value is -1.25. The van der Waals surface area contributed by atoms with Crippen LogP contribution in [0.2, 0.25) is 0 Å². The minimum atomic E-state index is -3.87. The van der Waals surface area contributed by atoms with Crippen LogP contribution in [0.25, 0.3) is 11.4 Å². The lowest BCUT2D eigenvalue weighted by molar-refractivity contribution is 0.580. The standard InChI is InChI=1S/C10H11BrN4O2S/c1-6-3-4-7(11)5-8(6)9-13-14-10(15(9)2)18(12,16)17/h3-5H,1-2H3,(H2,12,16,17). The Kier molecular flexibility index (Phi) is 3.26. The van der Waals surface area contributed by atoms with Crippen molar-refractivity contribution >= 4 is 26.0 Å². The first kappa shape index (κ1) is 13.2. The zero-order chi connectivity index (χ0) is 13.5. The number of nitrogens with zero attached hydrogens (tertiary/aromatic N) is 3. The van der Waals surface area contributed by atoms with Crippen LogP contribution < -0.4 is 5.14 Å². The molecule has 2 rings (SSSR count). The highest BCUT2D eigenvalue weighted by molar-refractivity contribution is 9.10. The maximum absolute atomic E-state index is 11.3. The first-order chi connectivity index (χ1) is 8.30. The molecule has 1 heterocycles. The molecule has 0 unspecified atom stereocenters.